The fraction of sp³-hybridized carbons (Fsp3) is 0.462. The van der Waals surface area contributed by atoms with Crippen LogP contribution in [0.4, 0.5) is 11.4 Å². The fourth-order valence-electron chi connectivity index (χ4n) is 1.89. The van der Waals surface area contributed by atoms with Crippen molar-refractivity contribution in [2.24, 2.45) is 0 Å². The topological polar surface area (TPSA) is 70.2 Å². The van der Waals surface area contributed by atoms with Crippen molar-refractivity contribution in [3.8, 4) is 6.07 Å². The average Bonchev–Trinajstić information content (AvgIpc) is 2.43. The zero-order valence-corrected chi connectivity index (χ0v) is 12.1. The summed E-state index contributed by atoms with van der Waals surface area (Å²) in [6.45, 7) is 2.09. The molecule has 1 aromatic carbocycles. The van der Waals surface area contributed by atoms with Gasteiger partial charge in [-0.15, -0.1) is 0 Å². The van der Waals surface area contributed by atoms with Crippen LogP contribution in [-0.4, -0.2) is 30.0 Å². The summed E-state index contributed by atoms with van der Waals surface area (Å²) in [4.78, 5) is 12.5. The van der Waals surface area contributed by atoms with E-state index in [0.29, 0.717) is 6.04 Å². The highest BCUT2D eigenvalue weighted by Crippen LogP contribution is 2.26. The Kier molecular flexibility index (Phi) is 5.64. The first-order valence-corrected chi connectivity index (χ1v) is 7.34. The third kappa shape index (κ3) is 3.61. The Morgan fingerprint density at radius 1 is 1.58 bits per heavy atom. The van der Waals surface area contributed by atoms with Gasteiger partial charge in [-0.1, -0.05) is 6.92 Å². The monoisotopic (exact) mass is 279 g/mol. The van der Waals surface area contributed by atoms with Gasteiger partial charge in [-0.05, 0) is 24.8 Å². The molecule has 5 nitrogen and oxygen atoms in total. The lowest BCUT2D eigenvalue weighted by atomic mass is 10.1. The van der Waals surface area contributed by atoms with Crippen LogP contribution >= 0.6 is 11.8 Å². The smallest absolute Gasteiger partial charge is 0.289 e. The summed E-state index contributed by atoms with van der Waals surface area (Å²) in [5.74, 6) is 0.959. The molecule has 1 aromatic rings. The normalized spacial score (nSPS) is 11.7. The molecular formula is C13H17N3O2S. The minimum atomic E-state index is -0.509. The van der Waals surface area contributed by atoms with Crippen molar-refractivity contribution in [1.82, 2.24) is 0 Å². The van der Waals surface area contributed by atoms with Crippen molar-refractivity contribution in [2.45, 2.75) is 19.4 Å². The minimum absolute atomic E-state index is 0.0973. The molecule has 1 unspecified atom stereocenters. The Bertz CT molecular complexity index is 499. The number of nitrogens with zero attached hydrogens (tertiary/aromatic N) is 3. The molecule has 0 spiro atoms. The summed E-state index contributed by atoms with van der Waals surface area (Å²) >= 11 is 1.75. The van der Waals surface area contributed by atoms with Crippen molar-refractivity contribution < 1.29 is 4.92 Å². The molecule has 0 aromatic heterocycles. The lowest BCUT2D eigenvalue weighted by Crippen LogP contribution is -2.33. The predicted molar refractivity (Wildman–Crippen MR) is 78.7 cm³/mol. The molecule has 0 aliphatic carbocycles. The second-order valence-electron chi connectivity index (χ2n) is 4.20. The molecular weight excluding hydrogens is 262 g/mol. The molecule has 0 radical (unpaired) electrons. The molecule has 0 aliphatic heterocycles. The standard InChI is InChI=1S/C13H17N3O2S/c1-4-11(9-19-3)15(2)12-6-5-10(8-14)13(7-12)16(17)18/h5-7,11H,4,9H2,1-3H3. The number of nitriles is 1. The number of nitro benzene ring substituents is 1. The maximum Gasteiger partial charge on any atom is 0.289 e. The van der Waals surface area contributed by atoms with Gasteiger partial charge < -0.3 is 4.90 Å². The van der Waals surface area contributed by atoms with Crippen LogP contribution in [0, 0.1) is 21.4 Å². The van der Waals surface area contributed by atoms with Crippen molar-refractivity contribution in [2.75, 3.05) is 24.0 Å². The van der Waals surface area contributed by atoms with Crippen LogP contribution in [0.5, 0.6) is 0 Å². The first-order chi connectivity index (χ1) is 9.04. The fourth-order valence-corrected chi connectivity index (χ4v) is 2.74. The zero-order valence-electron chi connectivity index (χ0n) is 11.3. The number of anilines is 1. The molecule has 0 saturated heterocycles. The maximum absolute atomic E-state index is 11.0. The van der Waals surface area contributed by atoms with E-state index in [1.54, 1.807) is 17.8 Å². The molecule has 6 heteroatoms. The van der Waals surface area contributed by atoms with Gasteiger partial charge in [0.05, 0.1) is 4.92 Å². The summed E-state index contributed by atoms with van der Waals surface area (Å²) < 4.78 is 0. The summed E-state index contributed by atoms with van der Waals surface area (Å²) in [6, 6.07) is 6.91. The lowest BCUT2D eigenvalue weighted by molar-refractivity contribution is -0.385. The number of benzene rings is 1. The quantitative estimate of drug-likeness (QED) is 0.591. The molecule has 0 heterocycles. The average molecular weight is 279 g/mol. The van der Waals surface area contributed by atoms with Crippen molar-refractivity contribution in [3.05, 3.63) is 33.9 Å². The second-order valence-corrected chi connectivity index (χ2v) is 5.11. The van der Waals surface area contributed by atoms with E-state index in [1.165, 1.54) is 12.1 Å². The van der Waals surface area contributed by atoms with Crippen molar-refractivity contribution >= 4 is 23.1 Å². The number of rotatable bonds is 6. The molecule has 0 aliphatic rings. The maximum atomic E-state index is 11.0. The molecule has 0 bridgehead atoms. The molecule has 0 N–H and O–H groups in total. The Balaban J connectivity index is 3.11. The minimum Gasteiger partial charge on any atom is -0.371 e. The van der Waals surface area contributed by atoms with E-state index in [9.17, 15) is 10.1 Å². The summed E-state index contributed by atoms with van der Waals surface area (Å²) in [5.41, 5.74) is 0.734. The van der Waals surface area contributed by atoms with Crippen LogP contribution in [-0.2, 0) is 0 Å². The predicted octanol–water partition coefficient (Wildman–Crippen LogP) is 3.04. The number of hydrogen-bond acceptors (Lipinski definition) is 5. The molecule has 1 rings (SSSR count). The third-order valence-electron chi connectivity index (χ3n) is 3.08. The van der Waals surface area contributed by atoms with E-state index in [2.05, 4.69) is 6.92 Å². The summed E-state index contributed by atoms with van der Waals surface area (Å²) in [7, 11) is 1.93. The first-order valence-electron chi connectivity index (χ1n) is 5.95. The van der Waals surface area contributed by atoms with Gasteiger partial charge in [-0.3, -0.25) is 10.1 Å². The van der Waals surface area contributed by atoms with Crippen molar-refractivity contribution in [1.29, 1.82) is 5.26 Å². The van der Waals surface area contributed by atoms with Crippen molar-refractivity contribution in [3.63, 3.8) is 0 Å². The van der Waals surface area contributed by atoms with E-state index in [4.69, 9.17) is 5.26 Å². The van der Waals surface area contributed by atoms with Gasteiger partial charge in [-0.2, -0.15) is 17.0 Å². The van der Waals surface area contributed by atoms with E-state index < -0.39 is 4.92 Å². The summed E-state index contributed by atoms with van der Waals surface area (Å²) in [6.07, 6.45) is 3.00. The van der Waals surface area contributed by atoms with E-state index >= 15 is 0 Å². The molecule has 0 fully saturated rings. The molecule has 102 valence electrons. The Morgan fingerprint density at radius 3 is 2.74 bits per heavy atom. The Morgan fingerprint density at radius 2 is 2.26 bits per heavy atom. The van der Waals surface area contributed by atoms with Crippen LogP contribution in [0.2, 0.25) is 0 Å². The van der Waals surface area contributed by atoms with Gasteiger partial charge in [0.1, 0.15) is 11.6 Å². The van der Waals surface area contributed by atoms with Crippen LogP contribution < -0.4 is 4.90 Å². The SMILES string of the molecule is CCC(CSC)N(C)c1ccc(C#N)c([N+](=O)[O-])c1. The summed E-state index contributed by atoms with van der Waals surface area (Å²) in [5, 5.41) is 19.8. The highest BCUT2D eigenvalue weighted by molar-refractivity contribution is 7.98. The van der Waals surface area contributed by atoms with Crippen LogP contribution in [0.25, 0.3) is 0 Å². The highest BCUT2D eigenvalue weighted by Gasteiger charge is 2.18. The van der Waals surface area contributed by atoms with Gasteiger partial charge in [-0.25, -0.2) is 0 Å². The van der Waals surface area contributed by atoms with Gasteiger partial charge in [0.15, 0.2) is 0 Å². The molecule has 0 saturated carbocycles. The lowest BCUT2D eigenvalue weighted by Gasteiger charge is -2.28. The van der Waals surface area contributed by atoms with E-state index in [-0.39, 0.29) is 11.3 Å². The Labute approximate surface area is 117 Å². The number of hydrogen-bond donors (Lipinski definition) is 0. The van der Waals surface area contributed by atoms with E-state index in [0.717, 1.165) is 17.9 Å². The third-order valence-corrected chi connectivity index (χ3v) is 3.80. The first kappa shape index (κ1) is 15.3. The van der Waals surface area contributed by atoms with Gasteiger partial charge >= 0.3 is 0 Å². The van der Waals surface area contributed by atoms with Crippen LogP contribution in [0.1, 0.15) is 18.9 Å². The molecule has 19 heavy (non-hydrogen) atoms. The number of nitro groups is 1. The highest BCUT2D eigenvalue weighted by atomic mass is 32.2. The number of thioether (sulfide) groups is 1. The van der Waals surface area contributed by atoms with Gasteiger partial charge in [0, 0.05) is 30.6 Å². The van der Waals surface area contributed by atoms with E-state index in [1.807, 2.05) is 24.3 Å². The van der Waals surface area contributed by atoms with Gasteiger partial charge in [0.25, 0.3) is 5.69 Å². The van der Waals surface area contributed by atoms with Crippen LogP contribution in [0.3, 0.4) is 0 Å². The molecule has 1 atom stereocenters. The second kappa shape index (κ2) is 7.00. The zero-order chi connectivity index (χ0) is 14.4. The molecule has 0 amide bonds. The largest absolute Gasteiger partial charge is 0.371 e. The van der Waals surface area contributed by atoms with Gasteiger partial charge in [0.2, 0.25) is 0 Å². The Hall–Kier alpha value is -1.74. The van der Waals surface area contributed by atoms with Crippen LogP contribution in [0.15, 0.2) is 18.2 Å².